The van der Waals surface area contributed by atoms with Crippen LogP contribution in [0.2, 0.25) is 0 Å². The van der Waals surface area contributed by atoms with E-state index >= 15 is 0 Å². The van der Waals surface area contributed by atoms with E-state index in [2.05, 4.69) is 4.98 Å². The van der Waals surface area contributed by atoms with E-state index in [1.165, 1.54) is 6.07 Å². The van der Waals surface area contributed by atoms with Gasteiger partial charge in [0.15, 0.2) is 0 Å². The minimum atomic E-state index is -0.357. The van der Waals surface area contributed by atoms with Gasteiger partial charge in [-0.25, -0.2) is 9.37 Å². The summed E-state index contributed by atoms with van der Waals surface area (Å²) in [7, 11) is 1.93. The summed E-state index contributed by atoms with van der Waals surface area (Å²) in [5.74, 6) is -0.208. The van der Waals surface area contributed by atoms with Gasteiger partial charge in [0, 0.05) is 42.9 Å². The van der Waals surface area contributed by atoms with Crippen molar-refractivity contribution in [1.29, 1.82) is 0 Å². The topological polar surface area (TPSA) is 65.9 Å². The Bertz CT molecular complexity index is 1220. The Morgan fingerprint density at radius 3 is 2.64 bits per heavy atom. The molecule has 1 aliphatic rings. The quantitative estimate of drug-likeness (QED) is 0.525. The molecule has 0 bridgehead atoms. The van der Waals surface area contributed by atoms with Crippen molar-refractivity contribution in [3.8, 4) is 17.0 Å². The van der Waals surface area contributed by atoms with E-state index in [4.69, 9.17) is 4.74 Å². The molecule has 36 heavy (non-hydrogen) atoms. The minimum absolute atomic E-state index is 0.0444. The third-order valence-corrected chi connectivity index (χ3v) is 6.87. The lowest BCUT2D eigenvalue weighted by Gasteiger charge is -2.37. The maximum Gasteiger partial charge on any atom is 0.259 e. The molecule has 0 radical (unpaired) electrons. The molecule has 1 aromatic heterocycles. The van der Waals surface area contributed by atoms with Crippen molar-refractivity contribution < 1.29 is 19.0 Å². The van der Waals surface area contributed by atoms with Crippen LogP contribution in [0.3, 0.4) is 0 Å². The lowest BCUT2D eigenvalue weighted by molar-refractivity contribution is 0.0324. The third kappa shape index (κ3) is 5.58. The van der Waals surface area contributed by atoms with E-state index < -0.39 is 0 Å². The number of nitrogens with zero attached hydrogens (tertiary/aromatic N) is 3. The average molecular weight is 492 g/mol. The number of hydrogen-bond acceptors (Lipinski definition) is 5. The second-order valence-electron chi connectivity index (χ2n) is 9.80. The number of ether oxygens (including phenoxy) is 1. The number of hydrogen-bond donors (Lipinski definition) is 1. The first-order valence-electron chi connectivity index (χ1n) is 12.3. The van der Waals surface area contributed by atoms with Gasteiger partial charge in [-0.1, -0.05) is 49.4 Å². The van der Waals surface area contributed by atoms with Crippen LogP contribution in [-0.4, -0.2) is 64.7 Å². The number of carbonyl (C=O) groups is 1. The zero-order valence-electron chi connectivity index (χ0n) is 21.3. The van der Waals surface area contributed by atoms with E-state index in [1.54, 1.807) is 23.2 Å². The van der Waals surface area contributed by atoms with Crippen LogP contribution in [0.1, 0.15) is 35.3 Å². The molecule has 1 aliphatic heterocycles. The molecule has 0 fully saturated rings. The summed E-state index contributed by atoms with van der Waals surface area (Å²) in [5.41, 5.74) is 3.91. The summed E-state index contributed by atoms with van der Waals surface area (Å²) in [4.78, 5) is 22.0. The van der Waals surface area contributed by atoms with Gasteiger partial charge in [0.25, 0.3) is 5.91 Å². The van der Waals surface area contributed by atoms with Crippen LogP contribution >= 0.6 is 0 Å². The Labute approximate surface area is 212 Å². The molecular formula is C29H34FN3O3. The molecule has 0 unspecified atom stereocenters. The van der Waals surface area contributed by atoms with Crippen molar-refractivity contribution in [2.75, 3.05) is 26.7 Å². The molecule has 2 heterocycles. The number of carbonyl (C=O) groups excluding carboxylic acids is 1. The molecule has 4 rings (SSSR count). The van der Waals surface area contributed by atoms with E-state index in [9.17, 15) is 14.3 Å². The van der Waals surface area contributed by atoms with E-state index in [0.717, 1.165) is 16.7 Å². The summed E-state index contributed by atoms with van der Waals surface area (Å²) in [5, 5.41) is 9.89. The molecule has 0 aliphatic carbocycles. The van der Waals surface area contributed by atoms with Gasteiger partial charge in [-0.2, -0.15) is 0 Å². The highest BCUT2D eigenvalue weighted by atomic mass is 19.1. The molecule has 7 heteroatoms. The molecule has 1 amide bonds. The molecule has 6 nitrogen and oxygen atoms in total. The third-order valence-electron chi connectivity index (χ3n) is 6.87. The Morgan fingerprint density at radius 2 is 1.92 bits per heavy atom. The number of likely N-dealkylation sites (N-methyl/N-ethyl adjacent to an activating group) is 1. The number of aromatic nitrogens is 1. The van der Waals surface area contributed by atoms with Gasteiger partial charge in [0.2, 0.25) is 5.88 Å². The summed E-state index contributed by atoms with van der Waals surface area (Å²) >= 11 is 0. The zero-order valence-corrected chi connectivity index (χ0v) is 21.3. The van der Waals surface area contributed by atoms with Crippen LogP contribution in [0.4, 0.5) is 4.39 Å². The molecule has 2 aromatic carbocycles. The molecule has 3 aromatic rings. The normalized spacial score (nSPS) is 18.9. The molecule has 0 saturated heterocycles. The van der Waals surface area contributed by atoms with Gasteiger partial charge in [0.1, 0.15) is 17.5 Å². The Morgan fingerprint density at radius 1 is 1.19 bits per heavy atom. The van der Waals surface area contributed by atoms with Crippen LogP contribution in [0.5, 0.6) is 5.88 Å². The number of rotatable bonds is 7. The second kappa shape index (κ2) is 11.2. The van der Waals surface area contributed by atoms with Gasteiger partial charge in [-0.15, -0.1) is 0 Å². The number of halogens is 1. The largest absolute Gasteiger partial charge is 0.472 e. The highest BCUT2D eigenvalue weighted by Gasteiger charge is 2.34. The first-order chi connectivity index (χ1) is 17.3. The number of fused-ring (bicyclic) bond motifs is 1. The van der Waals surface area contributed by atoms with Gasteiger partial charge in [-0.3, -0.25) is 9.69 Å². The molecule has 0 saturated carbocycles. The number of benzene rings is 2. The molecule has 3 atom stereocenters. The Hall–Kier alpha value is -3.29. The zero-order chi connectivity index (χ0) is 25.8. The number of pyridine rings is 1. The smallest absolute Gasteiger partial charge is 0.259 e. The van der Waals surface area contributed by atoms with E-state index in [0.29, 0.717) is 30.8 Å². The highest BCUT2D eigenvalue weighted by molar-refractivity contribution is 5.98. The Kier molecular flexibility index (Phi) is 8.01. The van der Waals surface area contributed by atoms with Gasteiger partial charge in [-0.05, 0) is 44.2 Å². The van der Waals surface area contributed by atoms with Gasteiger partial charge >= 0.3 is 0 Å². The first kappa shape index (κ1) is 25.8. The minimum Gasteiger partial charge on any atom is -0.472 e. The van der Waals surface area contributed by atoms with Crippen LogP contribution in [0.25, 0.3) is 11.1 Å². The first-order valence-corrected chi connectivity index (χ1v) is 12.3. The fraction of sp³-hybridized carbons (Fsp3) is 0.379. The van der Waals surface area contributed by atoms with Crippen molar-refractivity contribution in [2.45, 2.75) is 39.5 Å². The summed E-state index contributed by atoms with van der Waals surface area (Å²) in [6, 6.07) is 16.2. The SMILES string of the molecule is Cc1ccccc1-c1cnc2c(c1)C(=O)N([C@H](C)CO)C[C@@H](C)[C@H](CN(C)Cc1ccccc1F)O2. The van der Waals surface area contributed by atoms with Crippen LogP contribution in [-0.2, 0) is 6.54 Å². The number of aryl methyl sites for hydroxylation is 1. The second-order valence-corrected chi connectivity index (χ2v) is 9.80. The number of amides is 1. The lowest BCUT2D eigenvalue weighted by Crippen LogP contribution is -2.49. The van der Waals surface area contributed by atoms with E-state index in [1.807, 2.05) is 69.1 Å². The van der Waals surface area contributed by atoms with Crippen molar-refractivity contribution >= 4 is 5.91 Å². The van der Waals surface area contributed by atoms with Crippen LogP contribution in [0.15, 0.2) is 60.8 Å². The van der Waals surface area contributed by atoms with Crippen molar-refractivity contribution in [3.63, 3.8) is 0 Å². The van der Waals surface area contributed by atoms with Gasteiger partial charge in [0.05, 0.1) is 12.6 Å². The maximum atomic E-state index is 14.2. The van der Waals surface area contributed by atoms with Crippen molar-refractivity contribution in [2.24, 2.45) is 5.92 Å². The van der Waals surface area contributed by atoms with Crippen LogP contribution < -0.4 is 4.74 Å². The maximum absolute atomic E-state index is 14.2. The van der Waals surface area contributed by atoms with Crippen molar-refractivity contribution in [3.05, 3.63) is 83.3 Å². The monoisotopic (exact) mass is 491 g/mol. The molecule has 1 N–H and O–H groups in total. The van der Waals surface area contributed by atoms with Crippen LogP contribution in [0, 0.1) is 18.7 Å². The molecule has 0 spiro atoms. The summed E-state index contributed by atoms with van der Waals surface area (Å²) in [6.07, 6.45) is 1.44. The highest BCUT2D eigenvalue weighted by Crippen LogP contribution is 2.31. The summed E-state index contributed by atoms with van der Waals surface area (Å²) < 4.78 is 20.6. The van der Waals surface area contributed by atoms with Gasteiger partial charge < -0.3 is 14.7 Å². The average Bonchev–Trinajstić information content (AvgIpc) is 2.87. The number of aliphatic hydroxyl groups is 1. The predicted octanol–water partition coefficient (Wildman–Crippen LogP) is 4.55. The lowest BCUT2D eigenvalue weighted by atomic mass is 9.98. The Balaban J connectivity index is 1.67. The van der Waals surface area contributed by atoms with E-state index in [-0.39, 0.29) is 42.3 Å². The standard InChI is InChI=1S/C29H34FN3O3/c1-19-9-5-7-11-24(19)23-13-25-28(31-14-23)36-27(20(2)15-33(29(25)35)21(3)18-34)17-32(4)16-22-10-6-8-12-26(22)30/h5-14,20-21,27,34H,15-18H2,1-4H3/t20-,21-,27+/m1/s1. The number of aliphatic hydroxyl groups excluding tert-OH is 1. The fourth-order valence-electron chi connectivity index (χ4n) is 4.65. The van der Waals surface area contributed by atoms with Crippen molar-refractivity contribution in [1.82, 2.24) is 14.8 Å². The molecular weight excluding hydrogens is 457 g/mol. The molecule has 190 valence electrons. The summed E-state index contributed by atoms with van der Waals surface area (Å²) in [6.45, 7) is 7.12. The fourth-order valence-corrected chi connectivity index (χ4v) is 4.65. The predicted molar refractivity (Wildman–Crippen MR) is 138 cm³/mol.